The summed E-state index contributed by atoms with van der Waals surface area (Å²) in [7, 11) is -3.68. The molecule has 0 spiro atoms. The van der Waals surface area contributed by atoms with Gasteiger partial charge in [0.1, 0.15) is 5.82 Å². The van der Waals surface area contributed by atoms with Crippen LogP contribution in [0, 0.1) is 12.7 Å². The SMILES string of the molecule is CCN(C(=O)c1ccc(C)c(S(=O)(=O)N(CC)CC)c1)c1ccc(F)cc1. The lowest BCUT2D eigenvalue weighted by Crippen LogP contribution is -2.32. The zero-order valence-electron chi connectivity index (χ0n) is 16.1. The maximum absolute atomic E-state index is 13.2. The maximum Gasteiger partial charge on any atom is 0.258 e. The van der Waals surface area contributed by atoms with Gasteiger partial charge in [-0.05, 0) is 55.8 Å². The molecule has 0 atom stereocenters. The summed E-state index contributed by atoms with van der Waals surface area (Å²) >= 11 is 0. The van der Waals surface area contributed by atoms with Crippen molar-refractivity contribution in [2.45, 2.75) is 32.6 Å². The van der Waals surface area contributed by atoms with Crippen LogP contribution in [0.3, 0.4) is 0 Å². The van der Waals surface area contributed by atoms with Crippen LogP contribution in [-0.2, 0) is 10.0 Å². The molecule has 146 valence electrons. The van der Waals surface area contributed by atoms with Crippen LogP contribution in [0.2, 0.25) is 0 Å². The highest BCUT2D eigenvalue weighted by Crippen LogP contribution is 2.24. The second-order valence-corrected chi connectivity index (χ2v) is 8.00. The van der Waals surface area contributed by atoms with Crippen molar-refractivity contribution in [1.29, 1.82) is 0 Å². The number of hydrogen-bond donors (Lipinski definition) is 0. The molecular formula is C20H25FN2O3S. The van der Waals surface area contributed by atoms with E-state index in [1.165, 1.54) is 39.5 Å². The van der Waals surface area contributed by atoms with Crippen LogP contribution < -0.4 is 4.90 Å². The predicted molar refractivity (Wildman–Crippen MR) is 105 cm³/mol. The topological polar surface area (TPSA) is 57.7 Å². The third-order valence-corrected chi connectivity index (χ3v) is 6.65. The molecule has 5 nitrogen and oxygen atoms in total. The van der Waals surface area contributed by atoms with E-state index < -0.39 is 10.0 Å². The molecule has 0 aromatic heterocycles. The standard InChI is InChI=1S/C20H25FN2O3S/c1-5-22(6-2)27(25,26)19-14-16(9-8-15(19)4)20(24)23(7-3)18-12-10-17(21)11-13-18/h8-14H,5-7H2,1-4H3. The second-order valence-electron chi connectivity index (χ2n) is 6.10. The first kappa shape index (κ1) is 21.1. The highest BCUT2D eigenvalue weighted by molar-refractivity contribution is 7.89. The molecule has 27 heavy (non-hydrogen) atoms. The fourth-order valence-corrected chi connectivity index (χ4v) is 4.64. The molecule has 0 radical (unpaired) electrons. The smallest absolute Gasteiger partial charge is 0.258 e. The van der Waals surface area contributed by atoms with Gasteiger partial charge in [0.15, 0.2) is 0 Å². The van der Waals surface area contributed by atoms with E-state index in [-0.39, 0.29) is 22.2 Å². The van der Waals surface area contributed by atoms with E-state index in [0.717, 1.165) is 0 Å². The molecule has 1 amide bonds. The number of sulfonamides is 1. The van der Waals surface area contributed by atoms with Gasteiger partial charge in [0.2, 0.25) is 10.0 Å². The Balaban J connectivity index is 2.47. The van der Waals surface area contributed by atoms with Gasteiger partial charge in [-0.3, -0.25) is 4.79 Å². The van der Waals surface area contributed by atoms with Crippen LogP contribution in [0.15, 0.2) is 47.4 Å². The summed E-state index contributed by atoms with van der Waals surface area (Å²) in [5.41, 5.74) is 1.42. The minimum Gasteiger partial charge on any atom is -0.309 e. The van der Waals surface area contributed by atoms with Gasteiger partial charge in [-0.15, -0.1) is 0 Å². The van der Waals surface area contributed by atoms with Crippen LogP contribution >= 0.6 is 0 Å². The van der Waals surface area contributed by atoms with Gasteiger partial charge in [-0.25, -0.2) is 12.8 Å². The molecule has 0 saturated carbocycles. The third kappa shape index (κ3) is 4.36. The summed E-state index contributed by atoms with van der Waals surface area (Å²) in [6, 6.07) is 10.3. The number of aryl methyl sites for hydroxylation is 1. The van der Waals surface area contributed by atoms with Crippen molar-refractivity contribution in [3.05, 3.63) is 59.4 Å². The number of anilines is 1. The van der Waals surface area contributed by atoms with Crippen molar-refractivity contribution in [2.75, 3.05) is 24.5 Å². The number of rotatable bonds is 7. The van der Waals surface area contributed by atoms with Gasteiger partial charge in [-0.1, -0.05) is 19.9 Å². The van der Waals surface area contributed by atoms with E-state index in [2.05, 4.69) is 0 Å². The van der Waals surface area contributed by atoms with E-state index in [9.17, 15) is 17.6 Å². The van der Waals surface area contributed by atoms with Gasteiger partial charge < -0.3 is 4.90 Å². The average molecular weight is 392 g/mol. The Morgan fingerprint density at radius 3 is 2.07 bits per heavy atom. The van der Waals surface area contributed by atoms with E-state index in [1.807, 2.05) is 6.92 Å². The summed E-state index contributed by atoms with van der Waals surface area (Å²) in [5, 5.41) is 0. The van der Waals surface area contributed by atoms with Crippen LogP contribution in [-0.4, -0.2) is 38.3 Å². The first-order chi connectivity index (χ1) is 12.8. The van der Waals surface area contributed by atoms with Crippen molar-refractivity contribution in [3.63, 3.8) is 0 Å². The quantitative estimate of drug-likeness (QED) is 0.720. The lowest BCUT2D eigenvalue weighted by molar-refractivity contribution is 0.0988. The van der Waals surface area contributed by atoms with Crippen molar-refractivity contribution < 1.29 is 17.6 Å². The Labute approximate surface area is 160 Å². The predicted octanol–water partition coefficient (Wildman–Crippen LogP) is 3.83. The summed E-state index contributed by atoms with van der Waals surface area (Å²) in [6.07, 6.45) is 0. The van der Waals surface area contributed by atoms with Gasteiger partial charge >= 0.3 is 0 Å². The van der Waals surface area contributed by atoms with Crippen molar-refractivity contribution in [1.82, 2.24) is 4.31 Å². The molecule has 0 aliphatic carbocycles. The van der Waals surface area contributed by atoms with E-state index in [1.54, 1.807) is 32.9 Å². The van der Waals surface area contributed by atoms with Gasteiger partial charge in [0.25, 0.3) is 5.91 Å². The van der Waals surface area contributed by atoms with Crippen LogP contribution in [0.5, 0.6) is 0 Å². The molecule has 2 rings (SSSR count). The Bertz CT molecular complexity index is 907. The Hall–Kier alpha value is -2.25. The molecule has 0 aliphatic heterocycles. The zero-order chi connectivity index (χ0) is 20.2. The van der Waals surface area contributed by atoms with Crippen LogP contribution in [0.1, 0.15) is 36.7 Å². The Morgan fingerprint density at radius 2 is 1.56 bits per heavy atom. The highest BCUT2D eigenvalue weighted by Gasteiger charge is 2.26. The number of carbonyl (C=O) groups excluding carboxylic acids is 1. The number of carbonyl (C=O) groups is 1. The molecule has 7 heteroatoms. The summed E-state index contributed by atoms with van der Waals surface area (Å²) in [4.78, 5) is 14.6. The fourth-order valence-electron chi connectivity index (χ4n) is 2.93. The molecule has 0 aliphatic rings. The van der Waals surface area contributed by atoms with Gasteiger partial charge in [0.05, 0.1) is 4.90 Å². The van der Waals surface area contributed by atoms with Crippen LogP contribution in [0.4, 0.5) is 10.1 Å². The Morgan fingerprint density at radius 1 is 0.963 bits per heavy atom. The Kier molecular flexibility index (Phi) is 6.73. The summed E-state index contributed by atoms with van der Waals surface area (Å²) in [5.74, 6) is -0.717. The lowest BCUT2D eigenvalue weighted by Gasteiger charge is -2.23. The van der Waals surface area contributed by atoms with Crippen molar-refractivity contribution in [2.24, 2.45) is 0 Å². The van der Waals surface area contributed by atoms with Gasteiger partial charge in [-0.2, -0.15) is 4.31 Å². The first-order valence-corrected chi connectivity index (χ1v) is 10.4. The summed E-state index contributed by atoms with van der Waals surface area (Å²) < 4.78 is 40.3. The van der Waals surface area contributed by atoms with Crippen molar-refractivity contribution in [3.8, 4) is 0 Å². The minimum atomic E-state index is -3.68. The monoisotopic (exact) mass is 392 g/mol. The van der Waals surface area contributed by atoms with Gasteiger partial charge in [0, 0.05) is 30.9 Å². The number of hydrogen-bond acceptors (Lipinski definition) is 3. The molecule has 2 aromatic rings. The first-order valence-electron chi connectivity index (χ1n) is 8.94. The number of halogens is 1. The van der Waals surface area contributed by atoms with Crippen LogP contribution in [0.25, 0.3) is 0 Å². The fraction of sp³-hybridized carbons (Fsp3) is 0.350. The molecular weight excluding hydrogens is 367 g/mol. The number of nitrogens with zero attached hydrogens (tertiary/aromatic N) is 2. The molecule has 0 fully saturated rings. The van der Waals surface area contributed by atoms with E-state index in [4.69, 9.17) is 0 Å². The van der Waals surface area contributed by atoms with Crippen molar-refractivity contribution >= 4 is 21.6 Å². The maximum atomic E-state index is 13.2. The van der Waals surface area contributed by atoms with E-state index in [0.29, 0.717) is 30.9 Å². The molecule has 0 N–H and O–H groups in total. The average Bonchev–Trinajstić information content (AvgIpc) is 2.64. The molecule has 0 heterocycles. The highest BCUT2D eigenvalue weighted by atomic mass is 32.2. The van der Waals surface area contributed by atoms with E-state index >= 15 is 0 Å². The molecule has 0 bridgehead atoms. The molecule has 0 saturated heterocycles. The summed E-state index contributed by atoms with van der Waals surface area (Å²) in [6.45, 7) is 8.15. The largest absolute Gasteiger partial charge is 0.309 e. The lowest BCUT2D eigenvalue weighted by atomic mass is 10.1. The second kappa shape index (κ2) is 8.63. The number of benzene rings is 2. The molecule has 0 unspecified atom stereocenters. The molecule has 2 aromatic carbocycles. The number of amides is 1. The normalized spacial score (nSPS) is 11.6. The minimum absolute atomic E-state index is 0.132. The third-order valence-electron chi connectivity index (χ3n) is 4.46. The zero-order valence-corrected chi connectivity index (χ0v) is 16.9.